The molecule has 1 saturated heterocycles. The summed E-state index contributed by atoms with van der Waals surface area (Å²) in [5.41, 5.74) is 4.76. The summed E-state index contributed by atoms with van der Waals surface area (Å²) in [5, 5.41) is 19.1. The molecule has 2 N–H and O–H groups in total. The minimum absolute atomic E-state index is 0.168. The number of aryl methyl sites for hydroxylation is 2. The van der Waals surface area contributed by atoms with E-state index in [1.165, 1.54) is 6.20 Å². The van der Waals surface area contributed by atoms with Crippen molar-refractivity contribution in [2.45, 2.75) is 53.1 Å². The second-order valence-electron chi connectivity index (χ2n) is 8.02. The molecule has 0 atom stereocenters. The molecule has 1 aromatic carbocycles. The van der Waals surface area contributed by atoms with Gasteiger partial charge in [0.05, 0.1) is 0 Å². The third-order valence-corrected chi connectivity index (χ3v) is 6.11. The largest absolute Gasteiger partial charge is 0.618 e. The Hall–Kier alpha value is -2.31. The van der Waals surface area contributed by atoms with Crippen molar-refractivity contribution in [1.82, 2.24) is 10.6 Å². The Balaban J connectivity index is 1.84. The fourth-order valence-corrected chi connectivity index (χ4v) is 4.53. The van der Waals surface area contributed by atoms with Crippen molar-refractivity contribution in [3.8, 4) is 0 Å². The maximum Gasteiger partial charge on any atom is 0.252 e. The average molecular weight is 431 g/mol. The van der Waals surface area contributed by atoms with Crippen LogP contribution < -0.4 is 20.3 Å². The maximum absolute atomic E-state index is 13.0. The van der Waals surface area contributed by atoms with Gasteiger partial charge in [-0.3, -0.25) is 4.79 Å². The van der Waals surface area contributed by atoms with Crippen LogP contribution in [-0.4, -0.2) is 31.6 Å². The van der Waals surface area contributed by atoms with E-state index in [0.717, 1.165) is 59.6 Å². The van der Waals surface area contributed by atoms with Crippen LogP contribution in [0.15, 0.2) is 24.4 Å². The molecule has 0 radical (unpaired) electrons. The van der Waals surface area contributed by atoms with Crippen LogP contribution in [0.2, 0.25) is 5.02 Å². The highest BCUT2D eigenvalue weighted by Gasteiger charge is 2.24. The number of hydrogen-bond acceptors (Lipinski definition) is 4. The number of pyridine rings is 1. The summed E-state index contributed by atoms with van der Waals surface area (Å²) in [7, 11) is 0. The van der Waals surface area contributed by atoms with Crippen LogP contribution in [-0.2, 0) is 6.54 Å². The van der Waals surface area contributed by atoms with Crippen LogP contribution in [0.1, 0.15) is 52.5 Å². The van der Waals surface area contributed by atoms with Crippen LogP contribution in [0.3, 0.4) is 0 Å². The Morgan fingerprint density at radius 2 is 1.97 bits per heavy atom. The summed E-state index contributed by atoms with van der Waals surface area (Å²) < 4.78 is 0.830. The molecular weight excluding hydrogens is 400 g/mol. The van der Waals surface area contributed by atoms with Crippen LogP contribution in [0, 0.1) is 26.0 Å². The van der Waals surface area contributed by atoms with Crippen LogP contribution in [0.4, 0.5) is 5.69 Å². The van der Waals surface area contributed by atoms with Gasteiger partial charge < -0.3 is 20.7 Å². The second kappa shape index (κ2) is 9.67. The number of rotatable bonds is 6. The standard InChI is InChI=1S/C23H31ClN4O2/c1-5-27(19-6-8-25-9-7-19)21-12-18(24)11-20(17(21)4)23(29)26-13-22-16(3)10-15(2)14-28(22)30/h10-12,14,19,25H,5-9,13H2,1-4H3,(H,26,29). The van der Waals surface area contributed by atoms with E-state index in [1.54, 1.807) is 6.07 Å². The molecule has 0 unspecified atom stereocenters. The molecule has 0 bridgehead atoms. The van der Waals surface area contributed by atoms with Gasteiger partial charge in [0.2, 0.25) is 5.69 Å². The molecule has 0 spiro atoms. The number of hydrogen-bond donors (Lipinski definition) is 2. The summed E-state index contributed by atoms with van der Waals surface area (Å²) >= 11 is 6.42. The molecule has 0 saturated carbocycles. The van der Waals surface area contributed by atoms with E-state index in [4.69, 9.17) is 11.6 Å². The minimum atomic E-state index is -0.224. The highest BCUT2D eigenvalue weighted by molar-refractivity contribution is 6.31. The van der Waals surface area contributed by atoms with E-state index in [9.17, 15) is 10.0 Å². The van der Waals surface area contributed by atoms with Gasteiger partial charge in [-0.2, -0.15) is 4.73 Å². The number of carbonyl (C=O) groups is 1. The molecule has 1 aliphatic rings. The summed E-state index contributed by atoms with van der Waals surface area (Å²) in [6.45, 7) is 10.9. The first-order valence-corrected chi connectivity index (χ1v) is 10.9. The van der Waals surface area contributed by atoms with Crippen molar-refractivity contribution >= 4 is 23.2 Å². The molecular formula is C23H31ClN4O2. The molecule has 1 aromatic heterocycles. The Kier molecular flexibility index (Phi) is 7.21. The highest BCUT2D eigenvalue weighted by atomic mass is 35.5. The lowest BCUT2D eigenvalue weighted by Gasteiger charge is -2.37. The van der Waals surface area contributed by atoms with Gasteiger partial charge in [0, 0.05) is 40.0 Å². The van der Waals surface area contributed by atoms with Crippen molar-refractivity contribution in [1.29, 1.82) is 0 Å². The summed E-state index contributed by atoms with van der Waals surface area (Å²) in [5.74, 6) is -0.224. The predicted octanol–water partition coefficient (Wildman–Crippen LogP) is 3.41. The topological polar surface area (TPSA) is 71.3 Å². The lowest BCUT2D eigenvalue weighted by atomic mass is 10.00. The van der Waals surface area contributed by atoms with E-state index in [-0.39, 0.29) is 12.5 Å². The Labute approximate surface area is 183 Å². The van der Waals surface area contributed by atoms with E-state index in [0.29, 0.717) is 22.3 Å². The smallest absolute Gasteiger partial charge is 0.252 e. The molecule has 0 aliphatic carbocycles. The number of benzene rings is 1. The molecule has 2 heterocycles. The van der Waals surface area contributed by atoms with Crippen LogP contribution in [0.5, 0.6) is 0 Å². The SMILES string of the molecule is CCN(c1cc(Cl)cc(C(=O)NCc2c(C)cc(C)c[n+]2[O-])c1C)C1CCNCC1. The normalized spacial score (nSPS) is 14.6. The highest BCUT2D eigenvalue weighted by Crippen LogP contribution is 2.31. The van der Waals surface area contributed by atoms with Crippen molar-refractivity contribution in [3.05, 3.63) is 62.6 Å². The summed E-state index contributed by atoms with van der Waals surface area (Å²) in [6.07, 6.45) is 3.66. The van der Waals surface area contributed by atoms with E-state index >= 15 is 0 Å². The van der Waals surface area contributed by atoms with Gasteiger partial charge in [0.1, 0.15) is 6.54 Å². The molecule has 1 amide bonds. The monoisotopic (exact) mass is 430 g/mol. The van der Waals surface area contributed by atoms with E-state index in [1.807, 2.05) is 32.9 Å². The van der Waals surface area contributed by atoms with Gasteiger partial charge in [-0.05, 0) is 77.4 Å². The molecule has 162 valence electrons. The average Bonchev–Trinajstić information content (AvgIpc) is 2.70. The van der Waals surface area contributed by atoms with Crippen LogP contribution in [0.25, 0.3) is 0 Å². The van der Waals surface area contributed by atoms with Gasteiger partial charge in [0.15, 0.2) is 6.20 Å². The lowest BCUT2D eigenvalue weighted by molar-refractivity contribution is -0.615. The van der Waals surface area contributed by atoms with E-state index < -0.39 is 0 Å². The number of nitrogens with one attached hydrogen (secondary N) is 2. The second-order valence-corrected chi connectivity index (χ2v) is 8.46. The predicted molar refractivity (Wildman–Crippen MR) is 121 cm³/mol. The fraction of sp³-hybridized carbons (Fsp3) is 0.478. The number of piperidine rings is 1. The summed E-state index contributed by atoms with van der Waals surface area (Å²) in [6, 6.07) is 6.03. The van der Waals surface area contributed by atoms with Gasteiger partial charge in [-0.15, -0.1) is 0 Å². The van der Waals surface area contributed by atoms with Crippen molar-refractivity contribution < 1.29 is 9.52 Å². The number of nitrogens with zero attached hydrogens (tertiary/aromatic N) is 2. The minimum Gasteiger partial charge on any atom is -0.618 e. The van der Waals surface area contributed by atoms with Gasteiger partial charge in [0.25, 0.3) is 5.91 Å². The number of halogens is 1. The number of carbonyl (C=O) groups excluding carboxylic acids is 1. The zero-order chi connectivity index (χ0) is 21.8. The third kappa shape index (κ3) is 4.87. The third-order valence-electron chi connectivity index (χ3n) is 5.89. The van der Waals surface area contributed by atoms with Crippen molar-refractivity contribution in [2.75, 3.05) is 24.5 Å². The van der Waals surface area contributed by atoms with E-state index in [2.05, 4.69) is 22.5 Å². The van der Waals surface area contributed by atoms with Gasteiger partial charge in [-0.1, -0.05) is 11.6 Å². The fourth-order valence-electron chi connectivity index (χ4n) is 4.32. The quantitative estimate of drug-likeness (QED) is 0.544. The molecule has 30 heavy (non-hydrogen) atoms. The number of aromatic nitrogens is 1. The zero-order valence-corrected chi connectivity index (χ0v) is 19.0. The summed E-state index contributed by atoms with van der Waals surface area (Å²) in [4.78, 5) is 15.4. The number of anilines is 1. The zero-order valence-electron chi connectivity index (χ0n) is 18.2. The molecule has 7 heteroatoms. The molecule has 1 aliphatic heterocycles. The first-order chi connectivity index (χ1) is 14.3. The van der Waals surface area contributed by atoms with Crippen LogP contribution >= 0.6 is 11.6 Å². The van der Waals surface area contributed by atoms with Crippen molar-refractivity contribution in [2.24, 2.45) is 0 Å². The maximum atomic E-state index is 13.0. The first kappa shape index (κ1) is 22.4. The Morgan fingerprint density at radius 3 is 2.60 bits per heavy atom. The first-order valence-electron chi connectivity index (χ1n) is 10.6. The molecule has 2 aromatic rings. The molecule has 3 rings (SSSR count). The van der Waals surface area contributed by atoms with Crippen molar-refractivity contribution in [3.63, 3.8) is 0 Å². The molecule has 6 nitrogen and oxygen atoms in total. The van der Waals surface area contributed by atoms with Gasteiger partial charge >= 0.3 is 0 Å². The number of amides is 1. The Bertz CT molecular complexity index is 903. The molecule has 1 fully saturated rings. The lowest BCUT2D eigenvalue weighted by Crippen LogP contribution is -2.43. The Morgan fingerprint density at radius 1 is 1.27 bits per heavy atom. The van der Waals surface area contributed by atoms with Gasteiger partial charge in [-0.25, -0.2) is 0 Å².